The Morgan fingerprint density at radius 3 is 2.39 bits per heavy atom. The molecule has 2 amide bonds. The third-order valence-corrected chi connectivity index (χ3v) is 7.14. The van der Waals surface area contributed by atoms with E-state index in [1.165, 1.54) is 6.07 Å². The van der Waals surface area contributed by atoms with Gasteiger partial charge in [0, 0.05) is 24.7 Å². The summed E-state index contributed by atoms with van der Waals surface area (Å²) in [7, 11) is 0. The van der Waals surface area contributed by atoms with Gasteiger partial charge < -0.3 is 20.8 Å². The lowest BCUT2D eigenvalue weighted by Crippen LogP contribution is -2.47. The lowest BCUT2D eigenvalue weighted by Gasteiger charge is -2.40. The van der Waals surface area contributed by atoms with E-state index in [0.717, 1.165) is 36.6 Å². The summed E-state index contributed by atoms with van der Waals surface area (Å²) in [6, 6.07) is 13.2. The molecule has 2 aromatic carbocycles. The number of benzene rings is 2. The number of nitrogens with one attached hydrogen (secondary N) is 2. The smallest absolute Gasteiger partial charge is 0.390 e. The molecule has 4 N–H and O–H groups in total. The van der Waals surface area contributed by atoms with Crippen LogP contribution in [0.2, 0.25) is 0 Å². The minimum Gasteiger partial charge on any atom is -0.390 e. The van der Waals surface area contributed by atoms with Gasteiger partial charge in [0.25, 0.3) is 5.91 Å². The molecule has 2 fully saturated rings. The molecule has 1 saturated heterocycles. The molecular formula is C26H30F3N3O4. The number of likely N-dealkylation sites (tertiary alicyclic amines) is 1. The van der Waals surface area contributed by atoms with Gasteiger partial charge in [-0.15, -0.1) is 0 Å². The Kier molecular flexibility index (Phi) is 7.67. The van der Waals surface area contributed by atoms with E-state index < -0.39 is 47.8 Å². The normalized spacial score (nSPS) is 27.0. The van der Waals surface area contributed by atoms with E-state index in [1.54, 1.807) is 0 Å². The molecule has 0 spiro atoms. The number of carbonyl (C=O) groups excluding carboxylic acids is 2. The monoisotopic (exact) mass is 505 g/mol. The largest absolute Gasteiger partial charge is 0.416 e. The van der Waals surface area contributed by atoms with Crippen LogP contribution in [0.3, 0.4) is 0 Å². The molecule has 0 radical (unpaired) electrons. The Labute approximate surface area is 207 Å². The van der Waals surface area contributed by atoms with Crippen molar-refractivity contribution >= 4 is 11.8 Å². The van der Waals surface area contributed by atoms with Gasteiger partial charge in [-0.1, -0.05) is 36.4 Å². The molecule has 1 heterocycles. The summed E-state index contributed by atoms with van der Waals surface area (Å²) in [5.41, 5.74) is -1.10. The Balaban J connectivity index is 1.25. The number of amides is 2. The highest BCUT2D eigenvalue weighted by molar-refractivity contribution is 5.96. The SMILES string of the molecule is O=C(CNC(=O)c1cccc(C(F)(F)F)c1)NC1CN(C2CCC(O)(c3ccccc3)CC2)C[C@@H]1O. The van der Waals surface area contributed by atoms with Crippen molar-refractivity contribution in [3.8, 4) is 0 Å². The minimum atomic E-state index is -4.57. The molecule has 10 heteroatoms. The molecule has 194 valence electrons. The summed E-state index contributed by atoms with van der Waals surface area (Å²) in [5, 5.41) is 26.6. The van der Waals surface area contributed by atoms with Gasteiger partial charge in [-0.3, -0.25) is 14.5 Å². The van der Waals surface area contributed by atoms with Gasteiger partial charge in [0.15, 0.2) is 0 Å². The average Bonchev–Trinajstić information content (AvgIpc) is 3.22. The highest BCUT2D eigenvalue weighted by Gasteiger charge is 2.41. The standard InChI is InChI=1S/C26H30F3N3O4/c27-26(28,29)19-8-4-5-17(13-19)24(35)30-14-23(34)31-21-15-32(16-22(21)33)20-9-11-25(36,12-10-20)18-6-2-1-3-7-18/h1-8,13,20-22,33,36H,9-12,14-16H2,(H,30,35)(H,31,34)/t20?,21?,22-,25?/m0/s1. The Morgan fingerprint density at radius 1 is 1.03 bits per heavy atom. The third kappa shape index (κ3) is 6.05. The Hall–Kier alpha value is -2.95. The maximum absolute atomic E-state index is 12.9. The maximum atomic E-state index is 12.9. The van der Waals surface area contributed by atoms with Gasteiger partial charge in [0.05, 0.1) is 29.9 Å². The van der Waals surface area contributed by atoms with Crippen LogP contribution in [0.15, 0.2) is 54.6 Å². The maximum Gasteiger partial charge on any atom is 0.416 e. The van der Waals surface area contributed by atoms with Gasteiger partial charge in [-0.2, -0.15) is 13.2 Å². The van der Waals surface area contributed by atoms with Crippen LogP contribution in [-0.4, -0.2) is 64.7 Å². The molecule has 1 saturated carbocycles. The summed E-state index contributed by atoms with van der Waals surface area (Å²) in [5.74, 6) is -1.33. The van der Waals surface area contributed by atoms with E-state index in [0.29, 0.717) is 25.9 Å². The summed E-state index contributed by atoms with van der Waals surface area (Å²) in [6.45, 7) is 0.394. The van der Waals surface area contributed by atoms with Crippen molar-refractivity contribution in [1.82, 2.24) is 15.5 Å². The number of alkyl halides is 3. The van der Waals surface area contributed by atoms with E-state index in [-0.39, 0.29) is 11.6 Å². The Bertz CT molecular complexity index is 1070. The molecule has 2 aliphatic rings. The zero-order valence-corrected chi connectivity index (χ0v) is 19.7. The number of nitrogens with zero attached hydrogens (tertiary/aromatic N) is 1. The second-order valence-corrected chi connectivity index (χ2v) is 9.59. The number of β-amino-alcohol motifs (C(OH)–C–C–N with tert-alkyl or cyclic N) is 1. The highest BCUT2D eigenvalue weighted by Crippen LogP contribution is 2.39. The quantitative estimate of drug-likeness (QED) is 0.483. The second kappa shape index (κ2) is 10.6. The average molecular weight is 506 g/mol. The third-order valence-electron chi connectivity index (χ3n) is 7.14. The molecule has 0 bridgehead atoms. The van der Waals surface area contributed by atoms with Gasteiger partial charge in [0.1, 0.15) is 0 Å². The van der Waals surface area contributed by atoms with Crippen molar-refractivity contribution in [2.45, 2.75) is 55.6 Å². The van der Waals surface area contributed by atoms with E-state index >= 15 is 0 Å². The van der Waals surface area contributed by atoms with Crippen LogP contribution in [0.1, 0.15) is 47.2 Å². The summed E-state index contributed by atoms with van der Waals surface area (Å²) < 4.78 is 38.6. The van der Waals surface area contributed by atoms with Crippen molar-refractivity contribution in [2.75, 3.05) is 19.6 Å². The van der Waals surface area contributed by atoms with Crippen molar-refractivity contribution in [3.63, 3.8) is 0 Å². The van der Waals surface area contributed by atoms with Crippen molar-refractivity contribution in [1.29, 1.82) is 0 Å². The van der Waals surface area contributed by atoms with E-state index in [1.807, 2.05) is 30.3 Å². The van der Waals surface area contributed by atoms with Crippen LogP contribution in [0, 0.1) is 0 Å². The number of aliphatic hydroxyl groups excluding tert-OH is 1. The molecule has 0 aromatic heterocycles. The number of rotatable bonds is 6. The van der Waals surface area contributed by atoms with Gasteiger partial charge in [-0.25, -0.2) is 0 Å². The predicted octanol–water partition coefficient (Wildman–Crippen LogP) is 2.43. The number of hydrogen-bond donors (Lipinski definition) is 4. The zero-order valence-electron chi connectivity index (χ0n) is 19.7. The predicted molar refractivity (Wildman–Crippen MR) is 126 cm³/mol. The van der Waals surface area contributed by atoms with Gasteiger partial charge >= 0.3 is 6.18 Å². The number of hydrogen-bond acceptors (Lipinski definition) is 5. The lowest BCUT2D eigenvalue weighted by atomic mass is 9.77. The molecule has 7 nitrogen and oxygen atoms in total. The number of aliphatic hydroxyl groups is 2. The highest BCUT2D eigenvalue weighted by atomic mass is 19.4. The molecule has 4 rings (SSSR count). The van der Waals surface area contributed by atoms with Gasteiger partial charge in [-0.05, 0) is 49.4 Å². The van der Waals surface area contributed by atoms with Crippen LogP contribution >= 0.6 is 0 Å². The van der Waals surface area contributed by atoms with Crippen LogP contribution < -0.4 is 10.6 Å². The number of carbonyl (C=O) groups is 2. The summed E-state index contributed by atoms with van der Waals surface area (Å²) in [6.07, 6.45) is -2.64. The van der Waals surface area contributed by atoms with Gasteiger partial charge in [0.2, 0.25) is 5.91 Å². The van der Waals surface area contributed by atoms with Crippen molar-refractivity contribution in [2.24, 2.45) is 0 Å². The first-order chi connectivity index (χ1) is 17.0. The van der Waals surface area contributed by atoms with Crippen LogP contribution in [0.5, 0.6) is 0 Å². The molecule has 2 aromatic rings. The molecule has 1 unspecified atom stereocenters. The lowest BCUT2D eigenvalue weighted by molar-refractivity contribution is -0.137. The van der Waals surface area contributed by atoms with Crippen molar-refractivity contribution in [3.05, 3.63) is 71.3 Å². The van der Waals surface area contributed by atoms with Crippen LogP contribution in [0.25, 0.3) is 0 Å². The topological polar surface area (TPSA) is 102 Å². The van der Waals surface area contributed by atoms with E-state index in [2.05, 4.69) is 15.5 Å². The first kappa shape index (κ1) is 26.1. The van der Waals surface area contributed by atoms with Crippen LogP contribution in [-0.2, 0) is 16.6 Å². The van der Waals surface area contributed by atoms with Crippen LogP contribution in [0.4, 0.5) is 13.2 Å². The molecule has 1 aliphatic heterocycles. The molecule has 1 aliphatic carbocycles. The fraction of sp³-hybridized carbons (Fsp3) is 0.462. The van der Waals surface area contributed by atoms with E-state index in [9.17, 15) is 33.0 Å². The number of halogens is 3. The second-order valence-electron chi connectivity index (χ2n) is 9.59. The molecular weight excluding hydrogens is 475 g/mol. The molecule has 2 atom stereocenters. The Morgan fingerprint density at radius 2 is 1.72 bits per heavy atom. The molecule has 36 heavy (non-hydrogen) atoms. The summed E-state index contributed by atoms with van der Waals surface area (Å²) in [4.78, 5) is 26.7. The summed E-state index contributed by atoms with van der Waals surface area (Å²) >= 11 is 0. The first-order valence-corrected chi connectivity index (χ1v) is 12.0. The fourth-order valence-electron chi connectivity index (χ4n) is 5.10. The van der Waals surface area contributed by atoms with E-state index in [4.69, 9.17) is 0 Å². The van der Waals surface area contributed by atoms with Crippen molar-refractivity contribution < 1.29 is 33.0 Å². The first-order valence-electron chi connectivity index (χ1n) is 12.0. The zero-order chi connectivity index (χ0) is 25.9. The minimum absolute atomic E-state index is 0.172. The fourth-order valence-corrected chi connectivity index (χ4v) is 5.10.